The van der Waals surface area contributed by atoms with E-state index in [2.05, 4.69) is 4.84 Å². The van der Waals surface area contributed by atoms with E-state index >= 15 is 0 Å². The third-order valence-electron chi connectivity index (χ3n) is 1.20. The molecule has 4 nitrogen and oxygen atoms in total. The van der Waals surface area contributed by atoms with Gasteiger partial charge in [0.05, 0.1) is 13.0 Å². The third kappa shape index (κ3) is 1.80. The third-order valence-corrected chi connectivity index (χ3v) is 1.20. The summed E-state index contributed by atoms with van der Waals surface area (Å²) in [5, 5.41) is 1.38. The summed E-state index contributed by atoms with van der Waals surface area (Å²) in [6.45, 7) is 2.22. The number of nitrogens with zero attached hydrogens (tertiary/aromatic N) is 1. The molecule has 1 fully saturated rings. The molecule has 0 spiro atoms. The molecule has 0 bridgehead atoms. The molecule has 0 radical (unpaired) electrons. The van der Waals surface area contributed by atoms with Crippen LogP contribution in [-0.4, -0.2) is 29.9 Å². The lowest BCUT2D eigenvalue weighted by Crippen LogP contribution is -2.24. The molecule has 0 amide bonds. The monoisotopic (exact) mass is 143 g/mol. The minimum atomic E-state index is -0.249. The minimum absolute atomic E-state index is 0.00898. The molecule has 0 atom stereocenters. The second-order valence-corrected chi connectivity index (χ2v) is 2.28. The summed E-state index contributed by atoms with van der Waals surface area (Å²) in [4.78, 5) is 25.6. The largest absolute Gasteiger partial charge is 0.367 e. The average Bonchev–Trinajstić information content (AvgIpc) is 2.13. The Hall–Kier alpha value is -0.900. The lowest BCUT2D eigenvalue weighted by atomic mass is 10.4. The van der Waals surface area contributed by atoms with Crippen molar-refractivity contribution >= 4 is 11.8 Å². The fraction of sp³-hybridized carbons (Fsp3) is 0.667. The van der Waals surface area contributed by atoms with E-state index in [1.54, 1.807) is 0 Å². The smallest absolute Gasteiger partial charge is 0.326 e. The molecule has 1 heterocycles. The zero-order valence-electron chi connectivity index (χ0n) is 5.79. The normalized spacial score (nSPS) is 19.1. The van der Waals surface area contributed by atoms with E-state index in [1.807, 2.05) is 0 Å². The van der Waals surface area contributed by atoms with Crippen LogP contribution in [0.4, 0.5) is 0 Å². The molecule has 1 aliphatic rings. The lowest BCUT2D eigenvalue weighted by Gasteiger charge is -2.08. The first-order valence-corrected chi connectivity index (χ1v) is 3.13. The Kier molecular flexibility index (Phi) is 2.01. The Labute approximate surface area is 58.7 Å². The van der Waals surface area contributed by atoms with Gasteiger partial charge < -0.3 is 4.84 Å². The average molecular weight is 143 g/mol. The molecule has 1 rings (SSSR count). The number of carbonyl (C=O) groups is 2. The molecule has 0 N–H and O–H groups in total. The maximum atomic E-state index is 10.5. The maximum absolute atomic E-state index is 10.5. The van der Waals surface area contributed by atoms with Gasteiger partial charge in [0.1, 0.15) is 5.78 Å². The van der Waals surface area contributed by atoms with Crippen LogP contribution < -0.4 is 0 Å². The van der Waals surface area contributed by atoms with Gasteiger partial charge >= 0.3 is 5.97 Å². The summed E-state index contributed by atoms with van der Waals surface area (Å²) >= 11 is 0. The molecule has 10 heavy (non-hydrogen) atoms. The van der Waals surface area contributed by atoms with Crippen molar-refractivity contribution in [2.24, 2.45) is 0 Å². The molecule has 1 aliphatic heterocycles. The van der Waals surface area contributed by atoms with Crippen molar-refractivity contribution in [3.8, 4) is 0 Å². The number of hydroxylamine groups is 2. The molecule has 0 aliphatic carbocycles. The van der Waals surface area contributed by atoms with Crippen molar-refractivity contribution in [3.63, 3.8) is 0 Å². The molecular weight excluding hydrogens is 134 g/mol. The van der Waals surface area contributed by atoms with Crippen LogP contribution in [-0.2, 0) is 14.4 Å². The van der Waals surface area contributed by atoms with E-state index in [9.17, 15) is 9.59 Å². The standard InChI is InChI=1S/C6H9NO3/c1-5(8)4-7-3-2-6(9)10-7/h2-4H2,1H3. The van der Waals surface area contributed by atoms with Crippen molar-refractivity contribution < 1.29 is 14.4 Å². The second-order valence-electron chi connectivity index (χ2n) is 2.28. The van der Waals surface area contributed by atoms with E-state index in [-0.39, 0.29) is 18.3 Å². The highest BCUT2D eigenvalue weighted by Crippen LogP contribution is 2.04. The lowest BCUT2D eigenvalue weighted by molar-refractivity contribution is -0.170. The van der Waals surface area contributed by atoms with Gasteiger partial charge in [-0.15, -0.1) is 5.06 Å². The van der Waals surface area contributed by atoms with Crippen molar-refractivity contribution in [1.82, 2.24) is 5.06 Å². The summed E-state index contributed by atoms with van der Waals surface area (Å²) in [5.74, 6) is -0.240. The van der Waals surface area contributed by atoms with Crippen molar-refractivity contribution in [1.29, 1.82) is 0 Å². The van der Waals surface area contributed by atoms with E-state index in [0.29, 0.717) is 13.0 Å². The zero-order chi connectivity index (χ0) is 7.56. The van der Waals surface area contributed by atoms with Crippen LogP contribution in [0.3, 0.4) is 0 Å². The summed E-state index contributed by atoms with van der Waals surface area (Å²) in [6.07, 6.45) is 0.396. The number of rotatable bonds is 2. The first kappa shape index (κ1) is 7.21. The molecular formula is C6H9NO3. The number of hydrogen-bond donors (Lipinski definition) is 0. The van der Waals surface area contributed by atoms with Gasteiger partial charge in [-0.1, -0.05) is 0 Å². The highest BCUT2D eigenvalue weighted by atomic mass is 16.7. The first-order chi connectivity index (χ1) is 4.68. The van der Waals surface area contributed by atoms with Crippen LogP contribution in [0.5, 0.6) is 0 Å². The number of carbonyl (C=O) groups excluding carboxylic acids is 2. The van der Waals surface area contributed by atoms with Crippen LogP contribution in [0.15, 0.2) is 0 Å². The van der Waals surface area contributed by atoms with Gasteiger partial charge in [-0.3, -0.25) is 9.59 Å². The highest BCUT2D eigenvalue weighted by Gasteiger charge is 2.21. The summed E-state index contributed by atoms with van der Waals surface area (Å²) < 4.78 is 0. The fourth-order valence-electron chi connectivity index (χ4n) is 0.811. The SMILES string of the molecule is CC(=O)CN1CCC(=O)O1. The zero-order valence-corrected chi connectivity index (χ0v) is 5.79. The van der Waals surface area contributed by atoms with Gasteiger partial charge in [0.2, 0.25) is 0 Å². The van der Waals surface area contributed by atoms with Gasteiger partial charge in [0.15, 0.2) is 0 Å². The molecule has 56 valence electrons. The maximum Gasteiger partial charge on any atom is 0.326 e. The molecule has 0 unspecified atom stereocenters. The Morgan fingerprint density at radius 2 is 2.50 bits per heavy atom. The minimum Gasteiger partial charge on any atom is -0.367 e. The Morgan fingerprint density at radius 3 is 2.90 bits per heavy atom. The number of ketones is 1. The van der Waals surface area contributed by atoms with Crippen LogP contribution in [0, 0.1) is 0 Å². The topological polar surface area (TPSA) is 46.6 Å². The summed E-state index contributed by atoms with van der Waals surface area (Å²) in [7, 11) is 0. The quantitative estimate of drug-likeness (QED) is 0.534. The van der Waals surface area contributed by atoms with E-state index < -0.39 is 0 Å². The van der Waals surface area contributed by atoms with Crippen molar-refractivity contribution in [2.45, 2.75) is 13.3 Å². The Balaban J connectivity index is 2.31. The number of Topliss-reactive ketones (excluding diaryl/α,β-unsaturated/α-hetero) is 1. The summed E-state index contributed by atoms with van der Waals surface area (Å²) in [6, 6.07) is 0. The van der Waals surface area contributed by atoms with Crippen molar-refractivity contribution in [3.05, 3.63) is 0 Å². The van der Waals surface area contributed by atoms with Crippen LogP contribution in [0.1, 0.15) is 13.3 Å². The fourth-order valence-corrected chi connectivity index (χ4v) is 0.811. The van der Waals surface area contributed by atoms with Gasteiger partial charge in [-0.05, 0) is 6.92 Å². The van der Waals surface area contributed by atoms with Crippen LogP contribution >= 0.6 is 0 Å². The van der Waals surface area contributed by atoms with Crippen molar-refractivity contribution in [2.75, 3.05) is 13.1 Å². The van der Waals surface area contributed by atoms with Crippen LogP contribution in [0.25, 0.3) is 0 Å². The van der Waals surface area contributed by atoms with E-state index in [1.165, 1.54) is 12.0 Å². The predicted octanol–water partition coefficient (Wildman–Crippen LogP) is -0.261. The Bertz CT molecular complexity index is 166. The first-order valence-electron chi connectivity index (χ1n) is 3.13. The summed E-state index contributed by atoms with van der Waals surface area (Å²) in [5.41, 5.74) is 0. The van der Waals surface area contributed by atoms with E-state index in [0.717, 1.165) is 0 Å². The van der Waals surface area contributed by atoms with Crippen LogP contribution in [0.2, 0.25) is 0 Å². The number of hydrogen-bond acceptors (Lipinski definition) is 4. The van der Waals surface area contributed by atoms with Gasteiger partial charge in [0.25, 0.3) is 0 Å². The second kappa shape index (κ2) is 2.79. The molecule has 4 heteroatoms. The molecule has 0 aromatic rings. The Morgan fingerprint density at radius 1 is 1.80 bits per heavy atom. The predicted molar refractivity (Wildman–Crippen MR) is 33.0 cm³/mol. The van der Waals surface area contributed by atoms with Gasteiger partial charge in [-0.2, -0.15) is 0 Å². The molecule has 0 aromatic carbocycles. The van der Waals surface area contributed by atoms with Gasteiger partial charge in [-0.25, -0.2) is 0 Å². The molecule has 0 aromatic heterocycles. The molecule has 0 saturated carbocycles. The highest BCUT2D eigenvalue weighted by molar-refractivity contribution is 5.78. The van der Waals surface area contributed by atoms with E-state index in [4.69, 9.17) is 0 Å². The molecule has 1 saturated heterocycles. The van der Waals surface area contributed by atoms with Gasteiger partial charge in [0, 0.05) is 6.54 Å².